The second-order valence-corrected chi connectivity index (χ2v) is 9.15. The molecule has 0 heterocycles. The Hall–Kier alpha value is -5.22. The molecule has 0 amide bonds. The van der Waals surface area contributed by atoms with Gasteiger partial charge in [-0.15, -0.1) is 4.95 Å². The first-order chi connectivity index (χ1) is 19.0. The van der Waals surface area contributed by atoms with Crippen molar-refractivity contribution >= 4 is 43.1 Å². The van der Waals surface area contributed by atoms with Crippen molar-refractivity contribution in [2.75, 3.05) is 0 Å². The zero-order valence-electron chi connectivity index (χ0n) is 20.0. The minimum atomic E-state index is -4.99. The molecule has 0 aliphatic rings. The molecular formula is C30H12F6N4. The van der Waals surface area contributed by atoms with Gasteiger partial charge in [0.25, 0.3) is 0 Å². The van der Waals surface area contributed by atoms with E-state index in [9.17, 15) is 31.6 Å². The molecule has 0 atom stereocenters. The van der Waals surface area contributed by atoms with E-state index in [1.54, 1.807) is 6.07 Å². The average molecular weight is 542 g/mol. The van der Waals surface area contributed by atoms with Gasteiger partial charge in [-0.2, -0.15) is 43.2 Å². The molecule has 4 nitrogen and oxygen atoms in total. The third-order valence-electron chi connectivity index (χ3n) is 6.94. The van der Waals surface area contributed by atoms with Crippen LogP contribution < -0.4 is 10.7 Å². The van der Waals surface area contributed by atoms with Gasteiger partial charge in [-0.1, -0.05) is 36.4 Å². The molecule has 0 aliphatic heterocycles. The van der Waals surface area contributed by atoms with Crippen LogP contribution in [-0.2, 0) is 12.4 Å². The zero-order valence-corrected chi connectivity index (χ0v) is 20.0. The van der Waals surface area contributed by atoms with Gasteiger partial charge in [-0.3, -0.25) is 0 Å². The quantitative estimate of drug-likeness (QED) is 0.0899. The van der Waals surface area contributed by atoms with Gasteiger partial charge >= 0.3 is 12.4 Å². The van der Waals surface area contributed by atoms with E-state index in [-0.39, 0.29) is 22.6 Å². The maximum absolute atomic E-state index is 13.5. The minimum Gasteiger partial charge on any atom is -0.181 e. The molecule has 0 unspecified atom stereocenters. The van der Waals surface area contributed by atoms with Crippen LogP contribution in [0.1, 0.15) is 11.1 Å². The predicted molar refractivity (Wildman–Crippen MR) is 138 cm³/mol. The number of hydrogen-bond acceptors (Lipinski definition) is 3. The summed E-state index contributed by atoms with van der Waals surface area (Å²) in [6.45, 7) is 7.35. The average Bonchev–Trinajstić information content (AvgIpc) is 3.38. The van der Waals surface area contributed by atoms with E-state index in [0.29, 0.717) is 44.4 Å². The fraction of sp³-hybridized carbons (Fsp3) is 0.0667. The van der Waals surface area contributed by atoms with Gasteiger partial charge in [0, 0.05) is 21.5 Å². The number of rotatable bonds is 1. The zero-order chi connectivity index (χ0) is 28.4. The van der Waals surface area contributed by atoms with Crippen LogP contribution in [0.15, 0.2) is 82.9 Å². The van der Waals surface area contributed by atoms with Crippen LogP contribution in [-0.4, -0.2) is 0 Å². The molecule has 0 aromatic heterocycles. The highest BCUT2D eigenvalue weighted by atomic mass is 19.4. The molecule has 6 aromatic rings. The Morgan fingerprint density at radius 2 is 1.15 bits per heavy atom. The van der Waals surface area contributed by atoms with Gasteiger partial charge in [0.1, 0.15) is 0 Å². The van der Waals surface area contributed by atoms with Gasteiger partial charge in [-0.05, 0) is 69.1 Å². The molecule has 0 bridgehead atoms. The number of nitriles is 1. The third-order valence-corrected chi connectivity index (χ3v) is 6.94. The van der Waals surface area contributed by atoms with Gasteiger partial charge < -0.3 is 0 Å². The van der Waals surface area contributed by atoms with Crippen LogP contribution in [0.25, 0.3) is 59.2 Å². The van der Waals surface area contributed by atoms with Crippen LogP contribution in [0, 0.1) is 18.0 Å². The summed E-state index contributed by atoms with van der Waals surface area (Å²) in [6.07, 6.45) is -8.15. The molecule has 40 heavy (non-hydrogen) atoms. The molecule has 0 N–H and O–H groups in total. The Balaban J connectivity index is 1.70. The Morgan fingerprint density at radius 3 is 1.73 bits per heavy atom. The first-order valence-corrected chi connectivity index (χ1v) is 11.7. The molecule has 194 valence electrons. The van der Waals surface area contributed by atoms with Gasteiger partial charge in [-0.25, -0.2) is 0 Å². The molecule has 0 radical (unpaired) electrons. The van der Waals surface area contributed by atoms with Gasteiger partial charge in [0.2, 0.25) is 6.19 Å². The predicted octanol–water partition coefficient (Wildman–Crippen LogP) is 8.00. The lowest BCUT2D eigenvalue weighted by atomic mass is 9.97. The van der Waals surface area contributed by atoms with Crippen LogP contribution in [0.4, 0.5) is 26.3 Å². The van der Waals surface area contributed by atoms with Crippen molar-refractivity contribution in [2.45, 2.75) is 12.4 Å². The molecule has 0 saturated heterocycles. The summed E-state index contributed by atoms with van der Waals surface area (Å²) in [5, 5.41) is 19.2. The smallest absolute Gasteiger partial charge is 0.181 e. The maximum Gasteiger partial charge on any atom is 0.416 e. The molecule has 6 rings (SSSR count). The standard InChI is InChI=1S/C30H12F6N4/c1-38-40-28-24-10-15(16-8-17(29(31,32)33)11-18(9-16)30(34,35)36)6-7-20(24)23-12-25-22(13-26(23)28)19-4-2-3-5-21(19)27(25)39-14-37/h2-13H/b39-27+,40-28+. The maximum atomic E-state index is 13.5. The summed E-state index contributed by atoms with van der Waals surface area (Å²) in [6, 6.07) is 16.9. The summed E-state index contributed by atoms with van der Waals surface area (Å²) in [5.74, 6) is 0. The Labute approximate surface area is 220 Å². The lowest BCUT2D eigenvalue weighted by molar-refractivity contribution is -0.143. The highest BCUT2D eigenvalue weighted by molar-refractivity contribution is 6.21. The van der Waals surface area contributed by atoms with E-state index in [2.05, 4.69) is 15.0 Å². The van der Waals surface area contributed by atoms with Crippen molar-refractivity contribution in [3.05, 3.63) is 106 Å². The normalized spacial score (nSPS) is 13.5. The SMILES string of the molecule is [C-]#[N+]/N=c1\c2cc(-c3cc(C(F)(F)F)cc(C(F)(F)F)c3)ccc2c2cc3/c(=N/C#N)c4ccccc4c3cc12. The van der Waals surface area contributed by atoms with Crippen molar-refractivity contribution < 1.29 is 26.3 Å². The summed E-state index contributed by atoms with van der Waals surface area (Å²) in [7, 11) is 0. The highest BCUT2D eigenvalue weighted by Gasteiger charge is 2.37. The minimum absolute atomic E-state index is 0.0817. The van der Waals surface area contributed by atoms with E-state index in [0.717, 1.165) is 16.2 Å². The van der Waals surface area contributed by atoms with Crippen LogP contribution >= 0.6 is 0 Å². The lowest BCUT2D eigenvalue weighted by Crippen LogP contribution is -2.11. The third kappa shape index (κ3) is 3.85. The monoisotopic (exact) mass is 542 g/mol. The summed E-state index contributed by atoms with van der Waals surface area (Å²) >= 11 is 0. The summed E-state index contributed by atoms with van der Waals surface area (Å²) in [5.41, 5.74) is -3.01. The molecule has 0 spiro atoms. The highest BCUT2D eigenvalue weighted by Crippen LogP contribution is 2.40. The molecule has 0 fully saturated rings. The van der Waals surface area contributed by atoms with E-state index in [1.165, 1.54) is 12.1 Å². The second-order valence-electron chi connectivity index (χ2n) is 9.15. The van der Waals surface area contributed by atoms with Crippen LogP contribution in [0.5, 0.6) is 0 Å². The van der Waals surface area contributed by atoms with Crippen LogP contribution in [0.2, 0.25) is 0 Å². The first kappa shape index (κ1) is 25.1. The molecule has 10 heteroatoms. The topological polar surface area (TPSA) is 52.9 Å². The first-order valence-electron chi connectivity index (χ1n) is 11.7. The van der Waals surface area contributed by atoms with Crippen LogP contribution in [0.3, 0.4) is 0 Å². The van der Waals surface area contributed by atoms with E-state index >= 15 is 0 Å². The van der Waals surface area contributed by atoms with Gasteiger partial charge in [0.15, 0.2) is 5.36 Å². The summed E-state index contributed by atoms with van der Waals surface area (Å²) in [4.78, 5) is 7.18. The number of alkyl halides is 6. The molecule has 0 saturated carbocycles. The Kier molecular flexibility index (Phi) is 5.42. The van der Waals surface area contributed by atoms with Crippen molar-refractivity contribution in [1.29, 1.82) is 5.26 Å². The molecule has 6 aromatic carbocycles. The Bertz CT molecular complexity index is 2190. The van der Waals surface area contributed by atoms with Crippen molar-refractivity contribution in [3.63, 3.8) is 0 Å². The van der Waals surface area contributed by atoms with Gasteiger partial charge in [0.05, 0.1) is 21.6 Å². The number of fused-ring (bicyclic) bond motifs is 6. The van der Waals surface area contributed by atoms with E-state index < -0.39 is 23.5 Å². The lowest BCUT2D eigenvalue weighted by Gasteiger charge is -2.14. The van der Waals surface area contributed by atoms with Crippen molar-refractivity contribution in [2.24, 2.45) is 10.1 Å². The fourth-order valence-electron chi connectivity index (χ4n) is 5.26. The van der Waals surface area contributed by atoms with E-state index in [4.69, 9.17) is 6.57 Å². The largest absolute Gasteiger partial charge is 0.416 e. The summed E-state index contributed by atoms with van der Waals surface area (Å²) < 4.78 is 80.8. The number of nitrogens with zero attached hydrogens (tertiary/aromatic N) is 4. The molecule has 0 aliphatic carbocycles. The number of halogens is 6. The molecular weight excluding hydrogens is 530 g/mol. The number of benzene rings is 4. The number of hydrogen-bond donors (Lipinski definition) is 0. The Morgan fingerprint density at radius 1 is 0.600 bits per heavy atom. The van der Waals surface area contributed by atoms with Crippen molar-refractivity contribution in [1.82, 2.24) is 0 Å². The second kappa shape index (κ2) is 8.65. The fourth-order valence-corrected chi connectivity index (χ4v) is 5.26. The van der Waals surface area contributed by atoms with E-state index in [1.807, 2.05) is 42.6 Å². The van der Waals surface area contributed by atoms with Crippen molar-refractivity contribution in [3.8, 4) is 17.3 Å².